The molecule has 1 saturated heterocycles. The van der Waals surface area contributed by atoms with Crippen LogP contribution in [0.1, 0.15) is 37.8 Å². The van der Waals surface area contributed by atoms with E-state index in [-0.39, 0.29) is 11.8 Å². The first kappa shape index (κ1) is 16.0. The first-order valence-corrected chi connectivity index (χ1v) is 8.06. The Labute approximate surface area is 134 Å². The number of rotatable bonds is 3. The molecule has 2 atom stereocenters. The Morgan fingerprint density at radius 3 is 2.33 bits per heavy atom. The summed E-state index contributed by atoms with van der Waals surface area (Å²) < 4.78 is 0.980. The van der Waals surface area contributed by atoms with Crippen molar-refractivity contribution in [1.29, 1.82) is 0 Å². The molecule has 1 aromatic rings. The number of halogens is 1. The van der Waals surface area contributed by atoms with Crippen molar-refractivity contribution in [3.8, 4) is 0 Å². The second-order valence-electron chi connectivity index (χ2n) is 5.62. The highest BCUT2D eigenvalue weighted by Crippen LogP contribution is 2.32. The zero-order valence-corrected chi connectivity index (χ0v) is 14.5. The lowest BCUT2D eigenvalue weighted by molar-refractivity contribution is -0.133. The van der Waals surface area contributed by atoms with Crippen LogP contribution >= 0.6 is 15.9 Å². The standard InChI is InChI=1S/C16H21BrN2O2/c1-5-6-13-16(21)19(11(4)15(20)18-13)14-9(2)7-12(17)8-10(14)3/h7-8,11,13H,5-6H2,1-4H3,(H,18,20). The number of hydrogen-bond acceptors (Lipinski definition) is 2. The number of hydrogen-bond donors (Lipinski definition) is 1. The molecule has 114 valence electrons. The molecule has 2 rings (SSSR count). The number of piperazine rings is 1. The molecule has 0 aliphatic carbocycles. The van der Waals surface area contributed by atoms with E-state index in [4.69, 9.17) is 0 Å². The Bertz CT molecular complexity index is 563. The van der Waals surface area contributed by atoms with Crippen LogP contribution in [0.4, 0.5) is 5.69 Å². The number of aryl methyl sites for hydroxylation is 2. The maximum atomic E-state index is 12.8. The zero-order chi connectivity index (χ0) is 15.7. The van der Waals surface area contributed by atoms with Crippen molar-refractivity contribution < 1.29 is 9.59 Å². The molecule has 2 amide bonds. The molecule has 1 aliphatic heterocycles. The molecule has 2 unspecified atom stereocenters. The number of anilines is 1. The van der Waals surface area contributed by atoms with Gasteiger partial charge in [0, 0.05) is 4.47 Å². The van der Waals surface area contributed by atoms with Gasteiger partial charge in [-0.25, -0.2) is 0 Å². The van der Waals surface area contributed by atoms with Gasteiger partial charge < -0.3 is 5.32 Å². The van der Waals surface area contributed by atoms with E-state index in [0.29, 0.717) is 6.42 Å². The molecule has 4 nitrogen and oxygen atoms in total. The van der Waals surface area contributed by atoms with Crippen LogP contribution in [0.2, 0.25) is 0 Å². The fourth-order valence-corrected chi connectivity index (χ4v) is 3.59. The maximum absolute atomic E-state index is 12.8. The third kappa shape index (κ3) is 2.98. The highest BCUT2D eigenvalue weighted by atomic mass is 79.9. The van der Waals surface area contributed by atoms with E-state index in [1.165, 1.54) is 0 Å². The average Bonchev–Trinajstić information content (AvgIpc) is 2.39. The largest absolute Gasteiger partial charge is 0.342 e. The smallest absolute Gasteiger partial charge is 0.250 e. The third-order valence-corrected chi connectivity index (χ3v) is 4.35. The van der Waals surface area contributed by atoms with Crippen molar-refractivity contribution in [2.75, 3.05) is 4.90 Å². The van der Waals surface area contributed by atoms with Crippen molar-refractivity contribution >= 4 is 33.4 Å². The molecule has 1 aromatic carbocycles. The van der Waals surface area contributed by atoms with E-state index >= 15 is 0 Å². The molecule has 0 spiro atoms. The molecule has 5 heteroatoms. The Morgan fingerprint density at radius 1 is 1.24 bits per heavy atom. The Kier molecular flexibility index (Phi) is 4.71. The predicted molar refractivity (Wildman–Crippen MR) is 87.4 cm³/mol. The second kappa shape index (κ2) is 6.18. The summed E-state index contributed by atoms with van der Waals surface area (Å²) in [4.78, 5) is 26.6. The summed E-state index contributed by atoms with van der Waals surface area (Å²) in [5.41, 5.74) is 2.84. The molecule has 0 bridgehead atoms. The van der Waals surface area contributed by atoms with Gasteiger partial charge >= 0.3 is 0 Å². The van der Waals surface area contributed by atoms with Crippen molar-refractivity contribution in [1.82, 2.24) is 5.32 Å². The Hall–Kier alpha value is -1.36. The van der Waals surface area contributed by atoms with E-state index in [9.17, 15) is 9.59 Å². The van der Waals surface area contributed by atoms with Crippen LogP contribution in [0, 0.1) is 13.8 Å². The van der Waals surface area contributed by atoms with Gasteiger partial charge in [-0.05, 0) is 50.5 Å². The molecule has 0 aromatic heterocycles. The van der Waals surface area contributed by atoms with Crippen LogP contribution in [0.15, 0.2) is 16.6 Å². The molecule has 1 N–H and O–H groups in total. The Balaban J connectivity index is 2.49. The lowest BCUT2D eigenvalue weighted by Gasteiger charge is -2.38. The minimum atomic E-state index is -0.482. The topological polar surface area (TPSA) is 49.4 Å². The molecular weight excluding hydrogens is 332 g/mol. The summed E-state index contributed by atoms with van der Waals surface area (Å²) in [6.07, 6.45) is 1.53. The van der Waals surface area contributed by atoms with Crippen molar-refractivity contribution in [3.63, 3.8) is 0 Å². The van der Waals surface area contributed by atoms with Gasteiger partial charge in [0.15, 0.2) is 0 Å². The molecule has 1 heterocycles. The van der Waals surface area contributed by atoms with Gasteiger partial charge in [0.1, 0.15) is 12.1 Å². The summed E-state index contributed by atoms with van der Waals surface area (Å²) >= 11 is 3.47. The average molecular weight is 353 g/mol. The van der Waals surface area contributed by atoms with Gasteiger partial charge in [0.2, 0.25) is 11.8 Å². The minimum absolute atomic E-state index is 0.0162. The summed E-state index contributed by atoms with van der Waals surface area (Å²) in [6, 6.07) is 3.05. The summed E-state index contributed by atoms with van der Waals surface area (Å²) in [5.74, 6) is -0.104. The number of carbonyl (C=O) groups is 2. The molecule has 21 heavy (non-hydrogen) atoms. The monoisotopic (exact) mass is 352 g/mol. The van der Waals surface area contributed by atoms with Gasteiger partial charge in [-0.15, -0.1) is 0 Å². The van der Waals surface area contributed by atoms with Crippen molar-refractivity contribution in [3.05, 3.63) is 27.7 Å². The number of amides is 2. The minimum Gasteiger partial charge on any atom is -0.342 e. The quantitative estimate of drug-likeness (QED) is 0.908. The summed E-state index contributed by atoms with van der Waals surface area (Å²) in [6.45, 7) is 7.72. The van der Waals surface area contributed by atoms with Gasteiger partial charge in [0.25, 0.3) is 0 Å². The lowest BCUT2D eigenvalue weighted by atomic mass is 10.00. The van der Waals surface area contributed by atoms with Crippen LogP contribution in [0.3, 0.4) is 0 Å². The number of nitrogens with zero attached hydrogens (tertiary/aromatic N) is 1. The molecule has 0 saturated carbocycles. The molecule has 0 radical (unpaired) electrons. The van der Waals surface area contributed by atoms with Crippen LogP contribution in [-0.4, -0.2) is 23.9 Å². The SMILES string of the molecule is CCCC1NC(=O)C(C)N(c2c(C)cc(Br)cc2C)C1=O. The summed E-state index contributed by atoms with van der Waals surface area (Å²) in [5, 5.41) is 2.83. The van der Waals surface area contributed by atoms with Crippen LogP contribution in [-0.2, 0) is 9.59 Å². The Morgan fingerprint density at radius 2 is 1.81 bits per heavy atom. The summed E-state index contributed by atoms with van der Waals surface area (Å²) in [7, 11) is 0. The van der Waals surface area contributed by atoms with Crippen molar-refractivity contribution in [2.45, 2.75) is 52.6 Å². The fourth-order valence-electron chi connectivity index (χ4n) is 2.90. The van der Waals surface area contributed by atoms with Gasteiger partial charge in [-0.1, -0.05) is 29.3 Å². The van der Waals surface area contributed by atoms with Gasteiger partial charge in [-0.3, -0.25) is 14.5 Å². The number of carbonyl (C=O) groups excluding carboxylic acids is 2. The van der Waals surface area contributed by atoms with Gasteiger partial charge in [0.05, 0.1) is 5.69 Å². The molecule has 1 aliphatic rings. The first-order valence-electron chi connectivity index (χ1n) is 7.27. The van der Waals surface area contributed by atoms with Crippen molar-refractivity contribution in [2.24, 2.45) is 0 Å². The van der Waals surface area contributed by atoms with Crippen LogP contribution in [0.25, 0.3) is 0 Å². The molecular formula is C16H21BrN2O2. The zero-order valence-electron chi connectivity index (χ0n) is 12.9. The van der Waals surface area contributed by atoms with E-state index in [2.05, 4.69) is 21.2 Å². The highest BCUT2D eigenvalue weighted by Gasteiger charge is 2.39. The third-order valence-electron chi connectivity index (χ3n) is 3.89. The fraction of sp³-hybridized carbons (Fsp3) is 0.500. The second-order valence-corrected chi connectivity index (χ2v) is 6.54. The molecule has 1 fully saturated rings. The van der Waals surface area contributed by atoms with E-state index < -0.39 is 12.1 Å². The van der Waals surface area contributed by atoms with E-state index in [1.807, 2.05) is 32.9 Å². The maximum Gasteiger partial charge on any atom is 0.250 e. The van der Waals surface area contributed by atoms with Crippen LogP contribution in [0.5, 0.6) is 0 Å². The number of nitrogens with one attached hydrogen (secondary N) is 1. The predicted octanol–water partition coefficient (Wildman–Crippen LogP) is 3.09. The van der Waals surface area contributed by atoms with E-state index in [0.717, 1.165) is 27.7 Å². The first-order chi connectivity index (χ1) is 9.86. The normalized spacial score (nSPS) is 22.4. The lowest BCUT2D eigenvalue weighted by Crippen LogP contribution is -2.63. The van der Waals surface area contributed by atoms with Gasteiger partial charge in [-0.2, -0.15) is 0 Å². The van der Waals surface area contributed by atoms with Crippen LogP contribution < -0.4 is 10.2 Å². The van der Waals surface area contributed by atoms with E-state index in [1.54, 1.807) is 11.8 Å². The number of benzene rings is 1. The highest BCUT2D eigenvalue weighted by molar-refractivity contribution is 9.10.